The summed E-state index contributed by atoms with van der Waals surface area (Å²) < 4.78 is 12.3. The zero-order valence-corrected chi connectivity index (χ0v) is 15.5. The summed E-state index contributed by atoms with van der Waals surface area (Å²) >= 11 is 0. The van der Waals surface area contributed by atoms with Gasteiger partial charge in [0.05, 0.1) is 17.6 Å². The molecule has 7 heteroatoms. The number of ether oxygens (including phenoxy) is 2. The van der Waals surface area contributed by atoms with Gasteiger partial charge in [0.15, 0.2) is 5.65 Å². The fraction of sp³-hybridized carbons (Fsp3) is 0.421. The number of esters is 1. The lowest BCUT2D eigenvalue weighted by Gasteiger charge is -2.12. The molecule has 2 N–H and O–H groups in total. The number of hydrogen-bond acceptors (Lipinski definition) is 6. The van der Waals surface area contributed by atoms with E-state index in [-0.39, 0.29) is 11.7 Å². The molecule has 0 aliphatic carbocycles. The highest BCUT2D eigenvalue weighted by Gasteiger charge is 2.26. The number of para-hydroxylation sites is 2. The van der Waals surface area contributed by atoms with Crippen molar-refractivity contribution in [3.05, 3.63) is 29.8 Å². The van der Waals surface area contributed by atoms with Crippen LogP contribution in [-0.2, 0) is 16.0 Å². The van der Waals surface area contributed by atoms with Gasteiger partial charge in [0.1, 0.15) is 23.0 Å². The molecule has 0 amide bonds. The number of carbonyl (C=O) groups excluding carboxylic acids is 1. The van der Waals surface area contributed by atoms with Crippen LogP contribution in [0.2, 0.25) is 0 Å². The standard InChI is InChI=1S/C19H24N4O3/c1-11(2)9-23-17(20)15(19(24)26-12(3)10-25-4)16-18(23)22-14-8-6-5-7-13(14)21-16/h5-8,11-12H,9-10,20H2,1-4H3/t12-/m0/s1. The summed E-state index contributed by atoms with van der Waals surface area (Å²) in [6.07, 6.45) is -0.385. The van der Waals surface area contributed by atoms with Gasteiger partial charge in [0, 0.05) is 13.7 Å². The van der Waals surface area contributed by atoms with E-state index in [9.17, 15) is 4.79 Å². The number of methoxy groups -OCH3 is 1. The van der Waals surface area contributed by atoms with Crippen molar-refractivity contribution in [2.75, 3.05) is 19.5 Å². The Balaban J connectivity index is 2.18. The molecule has 0 aliphatic heterocycles. The first kappa shape index (κ1) is 18.1. The van der Waals surface area contributed by atoms with Crippen LogP contribution < -0.4 is 5.73 Å². The minimum atomic E-state index is -0.510. The SMILES string of the molecule is COC[C@H](C)OC(=O)c1c(N)n(CC(C)C)c2nc3ccccc3nc12. The Morgan fingerprint density at radius 2 is 1.85 bits per heavy atom. The zero-order valence-electron chi connectivity index (χ0n) is 15.5. The normalized spacial score (nSPS) is 12.8. The maximum absolute atomic E-state index is 12.8. The minimum absolute atomic E-state index is 0.266. The predicted molar refractivity (Wildman–Crippen MR) is 101 cm³/mol. The highest BCUT2D eigenvalue weighted by molar-refractivity contribution is 6.08. The molecule has 1 aromatic carbocycles. The Hall–Kier alpha value is -2.67. The fourth-order valence-electron chi connectivity index (χ4n) is 2.98. The molecular formula is C19H24N4O3. The van der Waals surface area contributed by atoms with E-state index in [1.165, 1.54) is 0 Å². The predicted octanol–water partition coefficient (Wildman–Crippen LogP) is 3.01. The number of benzene rings is 1. The Morgan fingerprint density at radius 3 is 2.46 bits per heavy atom. The largest absolute Gasteiger partial charge is 0.456 e. The summed E-state index contributed by atoms with van der Waals surface area (Å²) in [5.41, 5.74) is 9.13. The van der Waals surface area contributed by atoms with E-state index in [4.69, 9.17) is 20.2 Å². The summed E-state index contributed by atoms with van der Waals surface area (Å²) in [5, 5.41) is 0. The molecule has 0 saturated heterocycles. The van der Waals surface area contributed by atoms with E-state index >= 15 is 0 Å². The van der Waals surface area contributed by atoms with Gasteiger partial charge in [-0.05, 0) is 25.0 Å². The van der Waals surface area contributed by atoms with Crippen molar-refractivity contribution in [1.82, 2.24) is 14.5 Å². The first-order valence-corrected chi connectivity index (χ1v) is 8.66. The summed E-state index contributed by atoms with van der Waals surface area (Å²) in [6.45, 7) is 6.88. The molecule has 0 fully saturated rings. The molecule has 0 radical (unpaired) electrons. The number of nitrogens with two attached hydrogens (primary N) is 1. The average molecular weight is 356 g/mol. The number of nitrogens with zero attached hydrogens (tertiary/aromatic N) is 3. The maximum Gasteiger partial charge on any atom is 0.344 e. The van der Waals surface area contributed by atoms with Crippen LogP contribution in [0.4, 0.5) is 5.82 Å². The van der Waals surface area contributed by atoms with Crippen LogP contribution >= 0.6 is 0 Å². The van der Waals surface area contributed by atoms with Gasteiger partial charge < -0.3 is 19.8 Å². The van der Waals surface area contributed by atoms with Crippen LogP contribution in [0.3, 0.4) is 0 Å². The van der Waals surface area contributed by atoms with Crippen molar-refractivity contribution in [2.24, 2.45) is 5.92 Å². The second-order valence-electron chi connectivity index (χ2n) is 6.82. The van der Waals surface area contributed by atoms with E-state index in [1.54, 1.807) is 14.0 Å². The molecule has 1 atom stereocenters. The molecule has 7 nitrogen and oxygen atoms in total. The molecule has 3 aromatic rings. The number of nitrogen functional groups attached to an aromatic ring is 1. The maximum atomic E-state index is 12.8. The van der Waals surface area contributed by atoms with Gasteiger partial charge in [-0.15, -0.1) is 0 Å². The van der Waals surface area contributed by atoms with Crippen molar-refractivity contribution < 1.29 is 14.3 Å². The average Bonchev–Trinajstić information content (AvgIpc) is 2.84. The molecule has 0 aliphatic rings. The fourth-order valence-corrected chi connectivity index (χ4v) is 2.98. The van der Waals surface area contributed by atoms with E-state index in [2.05, 4.69) is 18.8 Å². The Bertz CT molecular complexity index is 949. The Morgan fingerprint density at radius 1 is 1.19 bits per heavy atom. The van der Waals surface area contributed by atoms with Crippen molar-refractivity contribution in [1.29, 1.82) is 0 Å². The summed E-state index contributed by atoms with van der Waals surface area (Å²) in [6, 6.07) is 7.54. The molecule has 26 heavy (non-hydrogen) atoms. The molecule has 2 heterocycles. The molecular weight excluding hydrogens is 332 g/mol. The van der Waals surface area contributed by atoms with Gasteiger partial charge in [0.2, 0.25) is 0 Å². The van der Waals surface area contributed by atoms with Gasteiger partial charge in [-0.1, -0.05) is 26.0 Å². The van der Waals surface area contributed by atoms with Gasteiger partial charge in [-0.2, -0.15) is 0 Å². The lowest BCUT2D eigenvalue weighted by molar-refractivity contribution is 0.0123. The van der Waals surface area contributed by atoms with E-state index in [0.29, 0.717) is 41.6 Å². The smallest absolute Gasteiger partial charge is 0.344 e. The molecule has 0 spiro atoms. The molecule has 138 valence electrons. The van der Waals surface area contributed by atoms with Crippen LogP contribution in [0.5, 0.6) is 0 Å². The lowest BCUT2D eigenvalue weighted by Crippen LogP contribution is -2.20. The second-order valence-corrected chi connectivity index (χ2v) is 6.82. The van der Waals surface area contributed by atoms with Gasteiger partial charge in [-0.3, -0.25) is 0 Å². The van der Waals surface area contributed by atoms with Crippen LogP contribution in [0.25, 0.3) is 22.2 Å². The number of carbonyl (C=O) groups is 1. The molecule has 0 unspecified atom stereocenters. The van der Waals surface area contributed by atoms with Crippen molar-refractivity contribution in [3.8, 4) is 0 Å². The first-order valence-electron chi connectivity index (χ1n) is 8.66. The van der Waals surface area contributed by atoms with Crippen molar-refractivity contribution >= 4 is 34.0 Å². The van der Waals surface area contributed by atoms with Crippen molar-refractivity contribution in [3.63, 3.8) is 0 Å². The molecule has 0 saturated carbocycles. The third-order valence-electron chi connectivity index (χ3n) is 4.05. The third kappa shape index (κ3) is 3.35. The number of anilines is 1. The minimum Gasteiger partial charge on any atom is -0.456 e. The summed E-state index contributed by atoms with van der Waals surface area (Å²) in [5.74, 6) is 0.153. The summed E-state index contributed by atoms with van der Waals surface area (Å²) in [7, 11) is 1.56. The van der Waals surface area contributed by atoms with Crippen LogP contribution in [-0.4, -0.2) is 40.3 Å². The third-order valence-corrected chi connectivity index (χ3v) is 4.05. The number of fused-ring (bicyclic) bond motifs is 2. The quantitative estimate of drug-likeness (QED) is 0.683. The van der Waals surface area contributed by atoms with Crippen LogP contribution in [0, 0.1) is 5.92 Å². The first-order chi connectivity index (χ1) is 12.4. The van der Waals surface area contributed by atoms with Gasteiger partial charge in [-0.25, -0.2) is 14.8 Å². The van der Waals surface area contributed by atoms with E-state index in [1.807, 2.05) is 28.8 Å². The van der Waals surface area contributed by atoms with Crippen LogP contribution in [0.1, 0.15) is 31.1 Å². The highest BCUT2D eigenvalue weighted by Crippen LogP contribution is 2.29. The molecule has 2 aromatic heterocycles. The molecule has 0 bridgehead atoms. The summed E-state index contributed by atoms with van der Waals surface area (Å²) in [4.78, 5) is 22.1. The van der Waals surface area contributed by atoms with E-state index in [0.717, 1.165) is 5.52 Å². The van der Waals surface area contributed by atoms with Gasteiger partial charge >= 0.3 is 5.97 Å². The second kappa shape index (κ2) is 7.29. The van der Waals surface area contributed by atoms with E-state index < -0.39 is 5.97 Å². The topological polar surface area (TPSA) is 92.3 Å². The van der Waals surface area contributed by atoms with Crippen LogP contribution in [0.15, 0.2) is 24.3 Å². The Kier molecular flexibility index (Phi) is 5.08. The number of rotatable bonds is 6. The highest BCUT2D eigenvalue weighted by atomic mass is 16.6. The Labute approximate surface area is 152 Å². The van der Waals surface area contributed by atoms with Crippen molar-refractivity contribution in [2.45, 2.75) is 33.4 Å². The molecule has 3 rings (SSSR count). The number of hydrogen-bond donors (Lipinski definition) is 1. The zero-order chi connectivity index (χ0) is 18.8. The monoisotopic (exact) mass is 356 g/mol. The lowest BCUT2D eigenvalue weighted by atomic mass is 10.2. The van der Waals surface area contributed by atoms with Gasteiger partial charge in [0.25, 0.3) is 0 Å². The number of aromatic nitrogens is 3.